The van der Waals surface area contributed by atoms with Crippen LogP contribution in [0.5, 0.6) is 0 Å². The average molecular weight is 261 g/mol. The molecule has 0 unspecified atom stereocenters. The van der Waals surface area contributed by atoms with Gasteiger partial charge in [0.2, 0.25) is 0 Å². The summed E-state index contributed by atoms with van der Waals surface area (Å²) in [5.41, 5.74) is -0.215. The molecule has 1 aromatic carbocycles. The summed E-state index contributed by atoms with van der Waals surface area (Å²) < 4.78 is 4.95. The molecule has 7 heteroatoms. The third kappa shape index (κ3) is 2.17. The molecule has 0 aliphatic heterocycles. The zero-order valence-corrected chi connectivity index (χ0v) is 9.95. The Morgan fingerprint density at radius 1 is 1.42 bits per heavy atom. The normalized spacial score (nSPS) is 10.4. The number of rotatable bonds is 4. The van der Waals surface area contributed by atoms with Crippen LogP contribution < -0.4 is 5.11 Å². The molecule has 19 heavy (non-hydrogen) atoms. The van der Waals surface area contributed by atoms with Gasteiger partial charge < -0.3 is 14.4 Å². The minimum absolute atomic E-state index is 0.0684. The van der Waals surface area contributed by atoms with E-state index in [2.05, 4.69) is 5.16 Å². The van der Waals surface area contributed by atoms with E-state index in [4.69, 9.17) is 4.52 Å². The van der Waals surface area contributed by atoms with Gasteiger partial charge >= 0.3 is 0 Å². The molecule has 7 nitrogen and oxygen atoms in total. The summed E-state index contributed by atoms with van der Waals surface area (Å²) in [5, 5.41) is 25.7. The summed E-state index contributed by atoms with van der Waals surface area (Å²) in [6.07, 6.45) is 0.327. The monoisotopic (exact) mass is 261 g/mol. The lowest BCUT2D eigenvalue weighted by Gasteiger charge is -2.04. The molecule has 0 saturated carbocycles. The first kappa shape index (κ1) is 12.7. The lowest BCUT2D eigenvalue weighted by Crippen LogP contribution is -2.23. The van der Waals surface area contributed by atoms with Crippen LogP contribution in [0, 0.1) is 10.1 Å². The standard InChI is InChI=1S/C12H10N2O5/c1-2-8-10(12(15)16)11(19-13-8)7-5-3-4-6-9(7)14(17)18/h3-6H,2H2,1H3,(H,15,16)/p-1. The van der Waals surface area contributed by atoms with E-state index in [1.54, 1.807) is 13.0 Å². The maximum atomic E-state index is 11.1. The molecular weight excluding hydrogens is 252 g/mol. The number of aryl methyl sites for hydroxylation is 1. The van der Waals surface area contributed by atoms with Crippen molar-refractivity contribution in [3.05, 3.63) is 45.6 Å². The van der Waals surface area contributed by atoms with Crippen molar-refractivity contribution in [2.45, 2.75) is 13.3 Å². The Kier molecular flexibility index (Phi) is 3.28. The predicted octanol–water partition coefficient (Wildman–Crippen LogP) is 1.18. The van der Waals surface area contributed by atoms with Crippen LogP contribution in [0.3, 0.4) is 0 Å². The summed E-state index contributed by atoms with van der Waals surface area (Å²) in [5.74, 6) is -1.62. The van der Waals surface area contributed by atoms with Gasteiger partial charge in [-0.2, -0.15) is 0 Å². The van der Waals surface area contributed by atoms with Gasteiger partial charge in [0, 0.05) is 6.07 Å². The molecule has 2 aromatic rings. The molecule has 98 valence electrons. The molecule has 0 aliphatic rings. The number of nitro groups is 1. The number of carbonyl (C=O) groups is 1. The number of nitro benzene ring substituents is 1. The van der Waals surface area contributed by atoms with Gasteiger partial charge in [0.1, 0.15) is 0 Å². The highest BCUT2D eigenvalue weighted by Crippen LogP contribution is 2.33. The highest BCUT2D eigenvalue weighted by Gasteiger charge is 2.24. The van der Waals surface area contributed by atoms with Crippen LogP contribution in [-0.4, -0.2) is 16.0 Å². The molecule has 0 spiro atoms. The predicted molar refractivity (Wildman–Crippen MR) is 62.3 cm³/mol. The van der Waals surface area contributed by atoms with Crippen LogP contribution in [-0.2, 0) is 6.42 Å². The van der Waals surface area contributed by atoms with Crippen LogP contribution in [0.15, 0.2) is 28.8 Å². The quantitative estimate of drug-likeness (QED) is 0.603. The molecular formula is C12H9N2O5-. The molecule has 2 rings (SSSR count). The minimum atomic E-state index is -1.47. The molecule has 1 heterocycles. The number of carboxylic acids is 1. The first-order valence-corrected chi connectivity index (χ1v) is 5.50. The van der Waals surface area contributed by atoms with Crippen molar-refractivity contribution < 1.29 is 19.3 Å². The fourth-order valence-electron chi connectivity index (χ4n) is 1.78. The van der Waals surface area contributed by atoms with Crippen molar-refractivity contribution in [2.24, 2.45) is 0 Å². The smallest absolute Gasteiger partial charge is 0.280 e. The van der Waals surface area contributed by atoms with Gasteiger partial charge in [-0.15, -0.1) is 0 Å². The van der Waals surface area contributed by atoms with E-state index in [0.717, 1.165) is 0 Å². The lowest BCUT2D eigenvalue weighted by molar-refractivity contribution is -0.384. The fourth-order valence-corrected chi connectivity index (χ4v) is 1.78. The Labute approximate surface area is 107 Å². The van der Waals surface area contributed by atoms with Crippen LogP contribution in [0.25, 0.3) is 11.3 Å². The highest BCUT2D eigenvalue weighted by molar-refractivity contribution is 5.95. The third-order valence-corrected chi connectivity index (χ3v) is 2.65. The van der Waals surface area contributed by atoms with Gasteiger partial charge in [-0.25, -0.2) is 0 Å². The van der Waals surface area contributed by atoms with Gasteiger partial charge in [-0.3, -0.25) is 10.1 Å². The summed E-state index contributed by atoms with van der Waals surface area (Å²) in [4.78, 5) is 21.5. The molecule has 0 amide bonds. The van der Waals surface area contributed by atoms with Crippen LogP contribution in [0.4, 0.5) is 5.69 Å². The van der Waals surface area contributed by atoms with Gasteiger partial charge in [0.25, 0.3) is 5.69 Å². The molecule has 0 atom stereocenters. The number of benzene rings is 1. The molecule has 1 aromatic heterocycles. The van der Waals surface area contributed by atoms with E-state index in [-0.39, 0.29) is 28.3 Å². The second-order valence-electron chi connectivity index (χ2n) is 3.75. The van der Waals surface area contributed by atoms with Crippen LogP contribution in [0.2, 0.25) is 0 Å². The zero-order chi connectivity index (χ0) is 14.0. The van der Waals surface area contributed by atoms with Crippen molar-refractivity contribution in [3.8, 4) is 11.3 Å². The van der Waals surface area contributed by atoms with Crippen molar-refractivity contribution in [1.29, 1.82) is 0 Å². The van der Waals surface area contributed by atoms with E-state index in [1.165, 1.54) is 18.2 Å². The number of aromatic carboxylic acids is 1. The summed E-state index contributed by atoms with van der Waals surface area (Å²) in [7, 11) is 0. The van der Waals surface area contributed by atoms with E-state index in [0.29, 0.717) is 6.42 Å². The average Bonchev–Trinajstić information content (AvgIpc) is 2.82. The summed E-state index contributed by atoms with van der Waals surface area (Å²) >= 11 is 0. The van der Waals surface area contributed by atoms with Crippen LogP contribution in [0.1, 0.15) is 23.0 Å². The second kappa shape index (κ2) is 4.89. The van der Waals surface area contributed by atoms with E-state index in [1.807, 2.05) is 0 Å². The summed E-state index contributed by atoms with van der Waals surface area (Å²) in [6, 6.07) is 5.71. The topological polar surface area (TPSA) is 109 Å². The van der Waals surface area contributed by atoms with Gasteiger partial charge in [-0.05, 0) is 12.5 Å². The number of hydrogen-bond acceptors (Lipinski definition) is 6. The van der Waals surface area contributed by atoms with E-state index >= 15 is 0 Å². The Morgan fingerprint density at radius 3 is 2.68 bits per heavy atom. The zero-order valence-electron chi connectivity index (χ0n) is 9.95. The van der Waals surface area contributed by atoms with Crippen molar-refractivity contribution in [3.63, 3.8) is 0 Å². The molecule has 0 N–H and O–H groups in total. The maximum absolute atomic E-state index is 11.1. The number of para-hydroxylation sites is 1. The Bertz CT molecular complexity index is 647. The SMILES string of the molecule is CCc1noc(-c2ccccc2[N+](=O)[O-])c1C(=O)[O-]. The van der Waals surface area contributed by atoms with Crippen molar-refractivity contribution in [2.75, 3.05) is 0 Å². The molecule has 0 radical (unpaired) electrons. The first-order chi connectivity index (χ1) is 9.06. The number of carbonyl (C=O) groups excluding carboxylic acids is 1. The molecule has 0 fully saturated rings. The Balaban J connectivity index is 2.69. The largest absolute Gasteiger partial charge is 0.545 e. The maximum Gasteiger partial charge on any atom is 0.280 e. The Morgan fingerprint density at radius 2 is 2.11 bits per heavy atom. The van der Waals surface area contributed by atoms with Gasteiger partial charge in [-0.1, -0.05) is 24.2 Å². The molecule has 0 bridgehead atoms. The van der Waals surface area contributed by atoms with Crippen molar-refractivity contribution in [1.82, 2.24) is 5.16 Å². The number of aromatic nitrogens is 1. The number of nitrogens with zero attached hydrogens (tertiary/aromatic N) is 2. The fraction of sp³-hybridized carbons (Fsp3) is 0.167. The third-order valence-electron chi connectivity index (χ3n) is 2.65. The van der Waals surface area contributed by atoms with E-state index in [9.17, 15) is 20.0 Å². The van der Waals surface area contributed by atoms with E-state index < -0.39 is 10.9 Å². The minimum Gasteiger partial charge on any atom is -0.545 e. The van der Waals surface area contributed by atoms with Gasteiger partial charge in [0.05, 0.1) is 27.7 Å². The van der Waals surface area contributed by atoms with Crippen molar-refractivity contribution >= 4 is 11.7 Å². The van der Waals surface area contributed by atoms with Gasteiger partial charge in [0.15, 0.2) is 5.76 Å². The summed E-state index contributed by atoms with van der Waals surface area (Å²) in [6.45, 7) is 1.70. The molecule has 0 saturated heterocycles. The van der Waals surface area contributed by atoms with Crippen LogP contribution >= 0.6 is 0 Å². The number of carboxylic acid groups (broad SMARTS) is 1. The lowest BCUT2D eigenvalue weighted by atomic mass is 10.0. The first-order valence-electron chi connectivity index (χ1n) is 5.50. The highest BCUT2D eigenvalue weighted by atomic mass is 16.6. The Hall–Kier alpha value is -2.70. The number of hydrogen-bond donors (Lipinski definition) is 0. The molecule has 0 aliphatic carbocycles. The second-order valence-corrected chi connectivity index (χ2v) is 3.75.